The first-order valence-corrected chi connectivity index (χ1v) is 8.12. The van der Waals surface area contributed by atoms with E-state index < -0.39 is 15.6 Å². The Morgan fingerprint density at radius 2 is 2.00 bits per heavy atom. The van der Waals surface area contributed by atoms with E-state index in [2.05, 4.69) is 10.0 Å². The van der Waals surface area contributed by atoms with Crippen molar-refractivity contribution in [2.45, 2.75) is 32.2 Å². The lowest BCUT2D eigenvalue weighted by Crippen LogP contribution is -2.37. The molecule has 0 unspecified atom stereocenters. The monoisotopic (exact) mass is 333 g/mol. The predicted molar refractivity (Wildman–Crippen MR) is 86.3 cm³/mol. The first-order chi connectivity index (χ1) is 9.26. The van der Waals surface area contributed by atoms with Crippen LogP contribution in [0.2, 0.25) is 0 Å². The van der Waals surface area contributed by atoms with Crippen molar-refractivity contribution in [2.24, 2.45) is 5.73 Å². The van der Waals surface area contributed by atoms with Crippen LogP contribution >= 0.6 is 12.4 Å². The number of carbonyl (C=O) groups excluding carboxylic acids is 1. The van der Waals surface area contributed by atoms with E-state index in [9.17, 15) is 13.2 Å². The molecule has 1 aliphatic rings. The lowest BCUT2D eigenvalue weighted by atomic mass is 10.1. The molecular formula is C13H20ClN3O3S. The highest BCUT2D eigenvalue weighted by Crippen LogP contribution is 2.33. The summed E-state index contributed by atoms with van der Waals surface area (Å²) in [6.45, 7) is 3.35. The number of hydrogen-bond acceptors (Lipinski definition) is 4. The first kappa shape index (κ1) is 17.7. The van der Waals surface area contributed by atoms with Gasteiger partial charge < -0.3 is 11.1 Å². The van der Waals surface area contributed by atoms with Gasteiger partial charge in [0.05, 0.1) is 17.0 Å². The van der Waals surface area contributed by atoms with Crippen molar-refractivity contribution >= 4 is 39.7 Å². The normalized spacial score (nSPS) is 15.8. The summed E-state index contributed by atoms with van der Waals surface area (Å²) in [6, 6.07) is 5.01. The third-order valence-corrected chi connectivity index (χ3v) is 4.66. The molecule has 0 aromatic heterocycles. The highest BCUT2D eigenvalue weighted by Gasteiger charge is 2.45. The van der Waals surface area contributed by atoms with Gasteiger partial charge in [-0.05, 0) is 50.5 Å². The van der Waals surface area contributed by atoms with Gasteiger partial charge in [0, 0.05) is 5.69 Å². The smallest absolute Gasteiger partial charge is 0.244 e. The van der Waals surface area contributed by atoms with Crippen LogP contribution in [0.25, 0.3) is 0 Å². The number of benzene rings is 1. The van der Waals surface area contributed by atoms with Crippen LogP contribution in [-0.4, -0.2) is 25.6 Å². The molecule has 118 valence electrons. The van der Waals surface area contributed by atoms with E-state index in [0.29, 0.717) is 24.2 Å². The second-order valence-corrected chi connectivity index (χ2v) is 7.16. The summed E-state index contributed by atoms with van der Waals surface area (Å²) >= 11 is 0. The quantitative estimate of drug-likeness (QED) is 0.761. The second kappa shape index (κ2) is 6.21. The lowest BCUT2D eigenvalue weighted by molar-refractivity contribution is -0.118. The van der Waals surface area contributed by atoms with Gasteiger partial charge in [0.15, 0.2) is 0 Å². The summed E-state index contributed by atoms with van der Waals surface area (Å²) in [5, 5.41) is 2.75. The molecule has 0 aliphatic heterocycles. The number of hydrogen-bond donors (Lipinski definition) is 3. The highest BCUT2D eigenvalue weighted by molar-refractivity contribution is 7.92. The molecule has 4 N–H and O–H groups in total. The van der Waals surface area contributed by atoms with Crippen LogP contribution in [0.3, 0.4) is 0 Å². The Morgan fingerprint density at radius 3 is 2.48 bits per heavy atom. The molecule has 1 aromatic carbocycles. The van der Waals surface area contributed by atoms with Crippen molar-refractivity contribution in [3.05, 3.63) is 23.8 Å². The number of nitrogens with two attached hydrogens (primary N) is 1. The maximum absolute atomic E-state index is 11.8. The van der Waals surface area contributed by atoms with Gasteiger partial charge in [-0.3, -0.25) is 9.52 Å². The molecule has 1 fully saturated rings. The topological polar surface area (TPSA) is 101 Å². The predicted octanol–water partition coefficient (Wildman–Crippen LogP) is 1.61. The molecule has 1 saturated carbocycles. The van der Waals surface area contributed by atoms with Crippen molar-refractivity contribution in [3.8, 4) is 0 Å². The molecule has 0 heterocycles. The molecule has 1 amide bonds. The van der Waals surface area contributed by atoms with E-state index in [-0.39, 0.29) is 24.1 Å². The maximum atomic E-state index is 11.8. The van der Waals surface area contributed by atoms with Crippen molar-refractivity contribution in [1.29, 1.82) is 0 Å². The van der Waals surface area contributed by atoms with E-state index in [1.54, 1.807) is 32.0 Å². The van der Waals surface area contributed by atoms with E-state index in [0.717, 1.165) is 5.56 Å². The Balaban J connectivity index is 0.00000220. The average molecular weight is 334 g/mol. The molecule has 1 aliphatic carbocycles. The van der Waals surface area contributed by atoms with Crippen LogP contribution in [0, 0.1) is 6.92 Å². The Bertz CT molecular complexity index is 642. The zero-order chi connectivity index (χ0) is 15.0. The number of anilines is 2. The second-order valence-electron chi connectivity index (χ2n) is 5.15. The van der Waals surface area contributed by atoms with Crippen LogP contribution < -0.4 is 15.8 Å². The van der Waals surface area contributed by atoms with Gasteiger partial charge in [-0.15, -0.1) is 12.4 Å². The number of aryl methyl sites for hydroxylation is 1. The summed E-state index contributed by atoms with van der Waals surface area (Å²) in [6.07, 6.45) is 1.40. The van der Waals surface area contributed by atoms with Crippen LogP contribution in [0.4, 0.5) is 11.4 Å². The third kappa shape index (κ3) is 4.33. The van der Waals surface area contributed by atoms with Crippen molar-refractivity contribution < 1.29 is 13.2 Å². The summed E-state index contributed by atoms with van der Waals surface area (Å²) < 4.78 is 25.5. The Hall–Kier alpha value is -1.31. The molecule has 0 radical (unpaired) electrons. The SMILES string of the molecule is CCS(=O)(=O)Nc1ccc(NC(=O)C2(N)CC2)cc1C.Cl. The molecule has 0 spiro atoms. The average Bonchev–Trinajstić information content (AvgIpc) is 3.12. The zero-order valence-electron chi connectivity index (χ0n) is 12.0. The largest absolute Gasteiger partial charge is 0.324 e. The summed E-state index contributed by atoms with van der Waals surface area (Å²) in [5.41, 5.74) is 6.94. The van der Waals surface area contributed by atoms with Crippen LogP contribution in [0.1, 0.15) is 25.3 Å². The lowest BCUT2D eigenvalue weighted by Gasteiger charge is -2.13. The summed E-state index contributed by atoms with van der Waals surface area (Å²) in [4.78, 5) is 11.8. The van der Waals surface area contributed by atoms with Crippen molar-refractivity contribution in [1.82, 2.24) is 0 Å². The van der Waals surface area contributed by atoms with Gasteiger partial charge in [0.25, 0.3) is 0 Å². The molecule has 2 rings (SSSR count). The Morgan fingerprint density at radius 1 is 1.38 bits per heavy atom. The third-order valence-electron chi connectivity index (χ3n) is 3.37. The standard InChI is InChI=1S/C13H19N3O3S.ClH/c1-3-20(18,19)16-11-5-4-10(8-9(11)2)15-12(17)13(14)6-7-13;/h4-5,8,16H,3,6-7,14H2,1-2H3,(H,15,17);1H. The van der Waals surface area contributed by atoms with Gasteiger partial charge in [-0.1, -0.05) is 0 Å². The number of sulfonamides is 1. The Kier molecular flexibility index (Phi) is 5.25. The molecule has 6 nitrogen and oxygen atoms in total. The molecule has 0 bridgehead atoms. The van der Waals surface area contributed by atoms with Gasteiger partial charge in [0.1, 0.15) is 0 Å². The fourth-order valence-electron chi connectivity index (χ4n) is 1.71. The molecule has 8 heteroatoms. The number of halogens is 1. The Labute approximate surface area is 130 Å². The molecule has 0 saturated heterocycles. The van der Waals surface area contributed by atoms with E-state index in [1.165, 1.54) is 0 Å². The van der Waals surface area contributed by atoms with E-state index in [1.807, 2.05) is 0 Å². The van der Waals surface area contributed by atoms with Gasteiger partial charge >= 0.3 is 0 Å². The molecule has 0 atom stereocenters. The fraction of sp³-hybridized carbons (Fsp3) is 0.462. The van der Waals surface area contributed by atoms with Gasteiger partial charge in [0.2, 0.25) is 15.9 Å². The fourth-order valence-corrected chi connectivity index (χ4v) is 2.42. The summed E-state index contributed by atoms with van der Waals surface area (Å²) in [5.74, 6) is -0.181. The van der Waals surface area contributed by atoms with Crippen LogP contribution in [-0.2, 0) is 14.8 Å². The number of amides is 1. The van der Waals surface area contributed by atoms with Crippen LogP contribution in [0.5, 0.6) is 0 Å². The minimum absolute atomic E-state index is 0. The maximum Gasteiger partial charge on any atom is 0.244 e. The molecular weight excluding hydrogens is 314 g/mol. The molecule has 1 aromatic rings. The zero-order valence-corrected chi connectivity index (χ0v) is 13.6. The van der Waals surface area contributed by atoms with Gasteiger partial charge in [-0.25, -0.2) is 8.42 Å². The summed E-state index contributed by atoms with van der Waals surface area (Å²) in [7, 11) is -3.30. The minimum atomic E-state index is -3.30. The van der Waals surface area contributed by atoms with Gasteiger partial charge in [-0.2, -0.15) is 0 Å². The number of nitrogens with one attached hydrogen (secondary N) is 2. The van der Waals surface area contributed by atoms with E-state index >= 15 is 0 Å². The van der Waals surface area contributed by atoms with Crippen molar-refractivity contribution in [3.63, 3.8) is 0 Å². The van der Waals surface area contributed by atoms with E-state index in [4.69, 9.17) is 5.73 Å². The number of rotatable bonds is 5. The molecule has 21 heavy (non-hydrogen) atoms. The van der Waals surface area contributed by atoms with Crippen molar-refractivity contribution in [2.75, 3.05) is 15.8 Å². The highest BCUT2D eigenvalue weighted by atomic mass is 35.5. The van der Waals surface area contributed by atoms with Crippen LogP contribution in [0.15, 0.2) is 18.2 Å². The first-order valence-electron chi connectivity index (χ1n) is 6.47. The minimum Gasteiger partial charge on any atom is -0.324 e. The number of carbonyl (C=O) groups is 1.